The molecule has 0 saturated heterocycles. The number of amides is 1. The third kappa shape index (κ3) is 3.42. The molecule has 1 aliphatic heterocycles. The lowest BCUT2D eigenvalue weighted by Gasteiger charge is -2.19. The van der Waals surface area contributed by atoms with Crippen molar-refractivity contribution < 1.29 is 18.1 Å². The van der Waals surface area contributed by atoms with Crippen molar-refractivity contribution in [3.8, 4) is 0 Å². The molecule has 0 bridgehead atoms. The van der Waals surface area contributed by atoms with Gasteiger partial charge in [0.2, 0.25) is 5.91 Å². The van der Waals surface area contributed by atoms with Gasteiger partial charge < -0.3 is 4.90 Å². The first-order valence-corrected chi connectivity index (χ1v) is 9.84. The van der Waals surface area contributed by atoms with Gasteiger partial charge in [-0.2, -0.15) is 0 Å². The standard InChI is InChI=1S/C16H14BrN3O5S/c1-10(21)19-6-5-11-7-12(17)8-15(16(11)19)26(24,25)18-13-3-2-4-14(9-13)20(22)23/h2-4,7-9,18H,5-6H2,1H3. The predicted molar refractivity (Wildman–Crippen MR) is 99.8 cm³/mol. The van der Waals surface area contributed by atoms with E-state index in [1.54, 1.807) is 6.07 Å². The Bertz CT molecular complexity index is 1020. The number of anilines is 2. The van der Waals surface area contributed by atoms with Crippen LogP contribution in [-0.2, 0) is 21.2 Å². The summed E-state index contributed by atoms with van der Waals surface area (Å²) in [5.74, 6) is -0.252. The monoisotopic (exact) mass is 439 g/mol. The minimum absolute atomic E-state index is 0.0546. The molecule has 1 N–H and O–H groups in total. The van der Waals surface area contributed by atoms with E-state index in [-0.39, 0.29) is 22.2 Å². The highest BCUT2D eigenvalue weighted by atomic mass is 79.9. The van der Waals surface area contributed by atoms with Gasteiger partial charge in [-0.25, -0.2) is 8.42 Å². The Morgan fingerprint density at radius 1 is 1.31 bits per heavy atom. The number of halogens is 1. The maximum absolute atomic E-state index is 12.9. The van der Waals surface area contributed by atoms with Crippen LogP contribution in [0, 0.1) is 10.1 Å². The first kappa shape index (κ1) is 18.3. The highest BCUT2D eigenvalue weighted by Gasteiger charge is 2.31. The van der Waals surface area contributed by atoms with Gasteiger partial charge in [0, 0.05) is 30.1 Å². The zero-order chi connectivity index (χ0) is 19.1. The van der Waals surface area contributed by atoms with Crippen LogP contribution in [0.2, 0.25) is 0 Å². The minimum atomic E-state index is -4.07. The SMILES string of the molecule is CC(=O)N1CCc2cc(Br)cc(S(=O)(=O)Nc3cccc([N+](=O)[O-])c3)c21. The van der Waals surface area contributed by atoms with Gasteiger partial charge in [-0.05, 0) is 30.2 Å². The van der Waals surface area contributed by atoms with E-state index in [0.29, 0.717) is 23.1 Å². The molecule has 1 amide bonds. The van der Waals surface area contributed by atoms with E-state index in [2.05, 4.69) is 20.7 Å². The van der Waals surface area contributed by atoms with Crippen LogP contribution in [0.1, 0.15) is 12.5 Å². The maximum atomic E-state index is 12.9. The Balaban J connectivity index is 2.07. The van der Waals surface area contributed by atoms with Crippen molar-refractivity contribution >= 4 is 48.9 Å². The van der Waals surface area contributed by atoms with Crippen LogP contribution < -0.4 is 9.62 Å². The van der Waals surface area contributed by atoms with Gasteiger partial charge in [0.05, 0.1) is 16.3 Å². The second-order valence-corrected chi connectivity index (χ2v) is 8.31. The average Bonchev–Trinajstić information content (AvgIpc) is 2.97. The molecule has 0 spiro atoms. The minimum Gasteiger partial charge on any atom is -0.311 e. The van der Waals surface area contributed by atoms with Gasteiger partial charge in [-0.15, -0.1) is 0 Å². The molecule has 0 radical (unpaired) electrons. The molecule has 0 atom stereocenters. The Morgan fingerprint density at radius 2 is 2.04 bits per heavy atom. The number of carbonyl (C=O) groups excluding carboxylic acids is 1. The van der Waals surface area contributed by atoms with Gasteiger partial charge in [0.25, 0.3) is 15.7 Å². The Kier molecular flexibility index (Phi) is 4.72. The summed E-state index contributed by atoms with van der Waals surface area (Å²) in [6.07, 6.45) is 0.549. The Labute approximate surface area is 158 Å². The Hall–Kier alpha value is -2.46. The number of hydrogen-bond acceptors (Lipinski definition) is 5. The van der Waals surface area contributed by atoms with E-state index in [9.17, 15) is 23.3 Å². The highest BCUT2D eigenvalue weighted by molar-refractivity contribution is 9.10. The predicted octanol–water partition coefficient (Wildman–Crippen LogP) is 3.07. The second kappa shape index (κ2) is 6.69. The molecule has 0 aliphatic carbocycles. The number of hydrogen-bond donors (Lipinski definition) is 1. The van der Waals surface area contributed by atoms with Gasteiger partial charge in [-0.1, -0.05) is 22.0 Å². The van der Waals surface area contributed by atoms with Crippen LogP contribution in [0.25, 0.3) is 0 Å². The van der Waals surface area contributed by atoms with Crippen molar-refractivity contribution in [2.24, 2.45) is 0 Å². The van der Waals surface area contributed by atoms with Gasteiger partial charge in [-0.3, -0.25) is 19.6 Å². The molecule has 136 valence electrons. The summed E-state index contributed by atoms with van der Waals surface area (Å²) in [5, 5.41) is 10.9. The summed E-state index contributed by atoms with van der Waals surface area (Å²) in [4.78, 5) is 23.5. The molecule has 1 heterocycles. The van der Waals surface area contributed by atoms with Crippen LogP contribution in [0.15, 0.2) is 45.8 Å². The van der Waals surface area contributed by atoms with E-state index in [1.807, 2.05) is 0 Å². The maximum Gasteiger partial charge on any atom is 0.271 e. The molecule has 2 aromatic carbocycles. The van der Waals surface area contributed by atoms with E-state index in [1.165, 1.54) is 36.1 Å². The zero-order valence-corrected chi connectivity index (χ0v) is 16.0. The summed E-state index contributed by atoms with van der Waals surface area (Å²) < 4.78 is 28.8. The van der Waals surface area contributed by atoms with Crippen molar-refractivity contribution in [1.82, 2.24) is 0 Å². The molecule has 0 saturated carbocycles. The number of benzene rings is 2. The average molecular weight is 440 g/mol. The first-order chi connectivity index (χ1) is 12.2. The van der Waals surface area contributed by atoms with Crippen LogP contribution in [-0.4, -0.2) is 25.8 Å². The lowest BCUT2D eigenvalue weighted by molar-refractivity contribution is -0.384. The number of rotatable bonds is 4. The number of nitro benzene ring substituents is 1. The lowest BCUT2D eigenvalue weighted by atomic mass is 10.2. The van der Waals surface area contributed by atoms with Crippen LogP contribution in [0.4, 0.5) is 17.1 Å². The number of nitrogens with one attached hydrogen (secondary N) is 1. The number of non-ortho nitro benzene ring substituents is 1. The number of carbonyl (C=O) groups is 1. The summed E-state index contributed by atoms with van der Waals surface area (Å²) in [5.41, 5.74) is 0.933. The molecule has 8 nitrogen and oxygen atoms in total. The molecule has 2 aromatic rings. The van der Waals surface area contributed by atoms with Crippen molar-refractivity contribution in [2.45, 2.75) is 18.2 Å². The van der Waals surface area contributed by atoms with Gasteiger partial charge in [0.1, 0.15) is 4.90 Å². The van der Waals surface area contributed by atoms with Crippen LogP contribution in [0.3, 0.4) is 0 Å². The number of nitrogens with zero attached hydrogens (tertiary/aromatic N) is 2. The fraction of sp³-hybridized carbons (Fsp3) is 0.188. The number of sulfonamides is 1. The van der Waals surface area contributed by atoms with Gasteiger partial charge in [0.15, 0.2) is 0 Å². The van der Waals surface area contributed by atoms with E-state index in [0.717, 1.165) is 11.6 Å². The van der Waals surface area contributed by atoms with Gasteiger partial charge >= 0.3 is 0 Å². The summed E-state index contributed by atoms with van der Waals surface area (Å²) in [6.45, 7) is 1.78. The van der Waals surface area contributed by atoms with Crippen LogP contribution in [0.5, 0.6) is 0 Å². The topological polar surface area (TPSA) is 110 Å². The molecular weight excluding hydrogens is 426 g/mol. The van der Waals surface area contributed by atoms with Crippen molar-refractivity contribution in [2.75, 3.05) is 16.2 Å². The Morgan fingerprint density at radius 3 is 2.69 bits per heavy atom. The van der Waals surface area contributed by atoms with Crippen LogP contribution >= 0.6 is 15.9 Å². The zero-order valence-electron chi connectivity index (χ0n) is 13.6. The number of nitro groups is 1. The molecule has 0 aromatic heterocycles. The third-order valence-electron chi connectivity index (χ3n) is 3.97. The quantitative estimate of drug-likeness (QED) is 0.581. The molecule has 10 heteroatoms. The van der Waals surface area contributed by atoms with Crippen molar-refractivity contribution in [3.63, 3.8) is 0 Å². The summed E-state index contributed by atoms with van der Waals surface area (Å²) in [6, 6.07) is 8.42. The van der Waals surface area contributed by atoms with Crippen molar-refractivity contribution in [3.05, 3.63) is 56.5 Å². The second-order valence-electron chi connectivity index (χ2n) is 5.75. The third-order valence-corrected chi connectivity index (χ3v) is 5.82. The van der Waals surface area contributed by atoms with E-state index >= 15 is 0 Å². The molecule has 3 rings (SSSR count). The normalized spacial score (nSPS) is 13.4. The number of fused-ring (bicyclic) bond motifs is 1. The molecule has 1 aliphatic rings. The largest absolute Gasteiger partial charge is 0.311 e. The molecular formula is C16H14BrN3O5S. The fourth-order valence-electron chi connectivity index (χ4n) is 2.88. The summed E-state index contributed by atoms with van der Waals surface area (Å²) >= 11 is 3.30. The summed E-state index contributed by atoms with van der Waals surface area (Å²) in [7, 11) is -4.07. The van der Waals surface area contributed by atoms with E-state index in [4.69, 9.17) is 0 Å². The fourth-order valence-corrected chi connectivity index (χ4v) is 4.86. The smallest absolute Gasteiger partial charge is 0.271 e. The van der Waals surface area contributed by atoms with Crippen molar-refractivity contribution in [1.29, 1.82) is 0 Å². The van der Waals surface area contributed by atoms with E-state index < -0.39 is 14.9 Å². The highest BCUT2D eigenvalue weighted by Crippen LogP contribution is 2.38. The first-order valence-electron chi connectivity index (χ1n) is 7.57. The molecule has 0 unspecified atom stereocenters. The molecule has 0 fully saturated rings. The molecule has 26 heavy (non-hydrogen) atoms. The lowest BCUT2D eigenvalue weighted by Crippen LogP contribution is -2.28.